The number of hydrogen-bond acceptors (Lipinski definition) is 4. The van der Waals surface area contributed by atoms with Crippen LogP contribution in [0, 0.1) is 13.8 Å². The molecule has 1 saturated heterocycles. The predicted molar refractivity (Wildman–Crippen MR) is 76.8 cm³/mol. The molecular weight excluding hydrogens is 278 g/mol. The summed E-state index contributed by atoms with van der Waals surface area (Å²) in [5.41, 5.74) is 1.72. The Labute approximate surface area is 123 Å². The smallest absolute Gasteiger partial charge is 0.289 e. The molecule has 1 atom stereocenters. The monoisotopic (exact) mass is 300 g/mol. The third kappa shape index (κ3) is 3.33. The second-order valence-electron chi connectivity index (χ2n) is 5.60. The highest BCUT2D eigenvalue weighted by atomic mass is 19.3. The Balaban J connectivity index is 2.49. The molecule has 1 aromatic rings. The first kappa shape index (κ1) is 16.1. The largest absolute Gasteiger partial charge is 0.508 e. The summed E-state index contributed by atoms with van der Waals surface area (Å²) in [6.45, 7) is 4.53. The number of benzene rings is 1. The van der Waals surface area contributed by atoms with Gasteiger partial charge in [0.1, 0.15) is 18.4 Å². The number of nitrogens with zero attached hydrogens (tertiary/aromatic N) is 1. The Hall–Kier alpha value is -1.24. The van der Waals surface area contributed by atoms with Gasteiger partial charge < -0.3 is 15.5 Å². The van der Waals surface area contributed by atoms with E-state index in [0.29, 0.717) is 42.9 Å². The highest BCUT2D eigenvalue weighted by Gasteiger charge is 2.45. The van der Waals surface area contributed by atoms with Gasteiger partial charge in [0.2, 0.25) is 0 Å². The van der Waals surface area contributed by atoms with E-state index < -0.39 is 18.6 Å². The lowest BCUT2D eigenvalue weighted by molar-refractivity contribution is -0.119. The molecule has 21 heavy (non-hydrogen) atoms. The summed E-state index contributed by atoms with van der Waals surface area (Å²) in [4.78, 5) is 1.71. The minimum Gasteiger partial charge on any atom is -0.508 e. The van der Waals surface area contributed by atoms with Gasteiger partial charge in [-0.25, -0.2) is 8.78 Å². The number of rotatable bonds is 4. The molecule has 2 rings (SSSR count). The lowest BCUT2D eigenvalue weighted by Crippen LogP contribution is -2.51. The molecule has 1 aromatic carbocycles. The zero-order chi connectivity index (χ0) is 15.6. The molecule has 0 aliphatic carbocycles. The van der Waals surface area contributed by atoms with Gasteiger partial charge in [-0.2, -0.15) is 0 Å². The summed E-state index contributed by atoms with van der Waals surface area (Å²) < 4.78 is 28.7. The fraction of sp³-hybridized carbons (Fsp3) is 0.600. The van der Waals surface area contributed by atoms with Crippen LogP contribution < -0.4 is 5.32 Å². The number of aliphatic hydroxyl groups excluding tert-OH is 1. The summed E-state index contributed by atoms with van der Waals surface area (Å²) in [6.07, 6.45) is 0. The number of phenols is 1. The number of halogens is 2. The Bertz CT molecular complexity index is 479. The van der Waals surface area contributed by atoms with Crippen LogP contribution in [-0.4, -0.2) is 53.8 Å². The Kier molecular flexibility index (Phi) is 4.81. The maximum Gasteiger partial charge on any atom is 0.289 e. The molecule has 0 aromatic heterocycles. The van der Waals surface area contributed by atoms with E-state index in [1.165, 1.54) is 12.1 Å². The van der Waals surface area contributed by atoms with Crippen LogP contribution in [0.4, 0.5) is 8.78 Å². The van der Waals surface area contributed by atoms with Gasteiger partial charge in [0.15, 0.2) is 0 Å². The molecule has 1 heterocycles. The van der Waals surface area contributed by atoms with E-state index in [1.54, 1.807) is 18.7 Å². The predicted octanol–water partition coefficient (Wildman–Crippen LogP) is 1.58. The maximum absolute atomic E-state index is 14.4. The van der Waals surface area contributed by atoms with E-state index in [9.17, 15) is 13.9 Å². The van der Waals surface area contributed by atoms with Gasteiger partial charge >= 0.3 is 0 Å². The van der Waals surface area contributed by atoms with Crippen LogP contribution in [0.25, 0.3) is 0 Å². The van der Waals surface area contributed by atoms with Gasteiger partial charge in [-0.05, 0) is 42.7 Å². The number of piperazine rings is 1. The van der Waals surface area contributed by atoms with Crippen LogP contribution in [0.15, 0.2) is 12.1 Å². The molecule has 1 fully saturated rings. The number of hydrogen-bond donors (Lipinski definition) is 3. The molecule has 1 aliphatic rings. The second kappa shape index (κ2) is 6.25. The van der Waals surface area contributed by atoms with Crippen molar-refractivity contribution >= 4 is 0 Å². The molecule has 0 spiro atoms. The summed E-state index contributed by atoms with van der Waals surface area (Å²) in [5, 5.41) is 21.9. The van der Waals surface area contributed by atoms with Gasteiger partial charge in [-0.15, -0.1) is 0 Å². The van der Waals surface area contributed by atoms with E-state index in [-0.39, 0.29) is 5.75 Å². The zero-order valence-corrected chi connectivity index (χ0v) is 12.4. The van der Waals surface area contributed by atoms with Crippen LogP contribution in [0.3, 0.4) is 0 Å². The molecular formula is C15H22F2N2O2. The third-order valence-corrected chi connectivity index (χ3v) is 3.98. The van der Waals surface area contributed by atoms with Crippen LogP contribution in [-0.2, 0) is 0 Å². The minimum absolute atomic E-state index is 0.0696. The fourth-order valence-electron chi connectivity index (χ4n) is 3.07. The SMILES string of the molecule is Cc1cc(O)cc(C)c1[C@@H](N1CCNCC1)C(F)(F)CO. The van der Waals surface area contributed by atoms with E-state index in [1.807, 2.05) is 0 Å². The molecule has 118 valence electrons. The standard InChI is InChI=1S/C15H22F2N2O2/c1-10-7-12(21)8-11(2)13(10)14(15(16,17)9-20)19-5-3-18-4-6-19/h7-8,14,18,20-21H,3-6,9H2,1-2H3/t14-/m1/s1. The van der Waals surface area contributed by atoms with Crippen molar-refractivity contribution in [3.8, 4) is 5.75 Å². The average Bonchev–Trinajstić information content (AvgIpc) is 2.43. The Morgan fingerprint density at radius 3 is 2.24 bits per heavy atom. The van der Waals surface area contributed by atoms with Crippen LogP contribution in [0.5, 0.6) is 5.75 Å². The van der Waals surface area contributed by atoms with Crippen molar-refractivity contribution in [3.63, 3.8) is 0 Å². The first-order chi connectivity index (χ1) is 9.86. The first-order valence-electron chi connectivity index (χ1n) is 7.10. The highest BCUT2D eigenvalue weighted by molar-refractivity contribution is 5.43. The molecule has 0 radical (unpaired) electrons. The molecule has 0 saturated carbocycles. The molecule has 6 heteroatoms. The number of alkyl halides is 2. The lowest BCUT2D eigenvalue weighted by atomic mass is 9.90. The molecule has 1 aliphatic heterocycles. The van der Waals surface area contributed by atoms with Crippen molar-refractivity contribution < 1.29 is 19.0 Å². The van der Waals surface area contributed by atoms with Gasteiger partial charge in [-0.3, -0.25) is 4.90 Å². The number of aryl methyl sites for hydroxylation is 2. The molecule has 4 nitrogen and oxygen atoms in total. The third-order valence-electron chi connectivity index (χ3n) is 3.98. The van der Waals surface area contributed by atoms with Gasteiger partial charge in [0.25, 0.3) is 5.92 Å². The van der Waals surface area contributed by atoms with Crippen LogP contribution >= 0.6 is 0 Å². The number of phenolic OH excluding ortho intramolecular Hbond substituents is 1. The van der Waals surface area contributed by atoms with Crippen molar-refractivity contribution in [2.75, 3.05) is 32.8 Å². The molecule has 3 N–H and O–H groups in total. The van der Waals surface area contributed by atoms with Crippen molar-refractivity contribution in [2.45, 2.75) is 25.8 Å². The van der Waals surface area contributed by atoms with Crippen molar-refractivity contribution in [3.05, 3.63) is 28.8 Å². The highest BCUT2D eigenvalue weighted by Crippen LogP contribution is 2.40. The fourth-order valence-corrected chi connectivity index (χ4v) is 3.07. The van der Waals surface area contributed by atoms with Gasteiger partial charge in [0, 0.05) is 26.2 Å². The normalized spacial score (nSPS) is 18.7. The number of nitrogens with one attached hydrogen (secondary N) is 1. The number of aromatic hydroxyl groups is 1. The second-order valence-corrected chi connectivity index (χ2v) is 5.60. The topological polar surface area (TPSA) is 55.7 Å². The van der Waals surface area contributed by atoms with Crippen molar-refractivity contribution in [2.24, 2.45) is 0 Å². The molecule has 0 bridgehead atoms. The van der Waals surface area contributed by atoms with E-state index in [0.717, 1.165) is 0 Å². The maximum atomic E-state index is 14.4. The van der Waals surface area contributed by atoms with E-state index >= 15 is 0 Å². The zero-order valence-electron chi connectivity index (χ0n) is 12.4. The molecule has 0 unspecified atom stereocenters. The van der Waals surface area contributed by atoms with Crippen molar-refractivity contribution in [1.82, 2.24) is 10.2 Å². The first-order valence-corrected chi connectivity index (χ1v) is 7.10. The Morgan fingerprint density at radius 1 is 1.24 bits per heavy atom. The summed E-state index contributed by atoms with van der Waals surface area (Å²) >= 11 is 0. The molecule has 0 amide bonds. The summed E-state index contributed by atoms with van der Waals surface area (Å²) in [5.74, 6) is -3.16. The average molecular weight is 300 g/mol. The van der Waals surface area contributed by atoms with Crippen molar-refractivity contribution in [1.29, 1.82) is 0 Å². The van der Waals surface area contributed by atoms with Crippen LogP contribution in [0.2, 0.25) is 0 Å². The quantitative estimate of drug-likeness (QED) is 0.790. The van der Waals surface area contributed by atoms with Crippen LogP contribution in [0.1, 0.15) is 22.7 Å². The minimum atomic E-state index is -3.23. The van der Waals surface area contributed by atoms with E-state index in [4.69, 9.17) is 5.11 Å². The van der Waals surface area contributed by atoms with Gasteiger partial charge in [0.05, 0.1) is 0 Å². The Morgan fingerprint density at radius 2 is 1.76 bits per heavy atom. The number of aliphatic hydroxyl groups is 1. The summed E-state index contributed by atoms with van der Waals surface area (Å²) in [7, 11) is 0. The van der Waals surface area contributed by atoms with E-state index in [2.05, 4.69) is 5.32 Å². The lowest BCUT2D eigenvalue weighted by Gasteiger charge is -2.40. The van der Waals surface area contributed by atoms with Gasteiger partial charge in [-0.1, -0.05) is 0 Å². The summed E-state index contributed by atoms with van der Waals surface area (Å²) in [6, 6.07) is 1.81.